The molecule has 15 heavy (non-hydrogen) atoms. The van der Waals surface area contributed by atoms with E-state index >= 15 is 0 Å². The van der Waals surface area contributed by atoms with Crippen molar-refractivity contribution in [2.45, 2.75) is 32.5 Å². The molecule has 0 aliphatic carbocycles. The SMILES string of the molecule is CC(C)(C)OC(=O)N1CC(F)C(CO)C1. The van der Waals surface area contributed by atoms with Gasteiger partial charge in [-0.05, 0) is 20.8 Å². The van der Waals surface area contributed by atoms with Gasteiger partial charge in [-0.15, -0.1) is 0 Å². The Labute approximate surface area is 89.0 Å². The Kier molecular flexibility index (Phi) is 3.54. The Balaban J connectivity index is 2.50. The van der Waals surface area contributed by atoms with Crippen molar-refractivity contribution >= 4 is 6.09 Å². The van der Waals surface area contributed by atoms with Crippen molar-refractivity contribution in [3.63, 3.8) is 0 Å². The fraction of sp³-hybridized carbons (Fsp3) is 0.900. The van der Waals surface area contributed by atoms with E-state index in [4.69, 9.17) is 9.84 Å². The number of aliphatic hydroxyl groups excluding tert-OH is 1. The number of amides is 1. The van der Waals surface area contributed by atoms with Gasteiger partial charge in [-0.1, -0.05) is 0 Å². The number of likely N-dealkylation sites (tertiary alicyclic amines) is 1. The number of carbonyl (C=O) groups excluding carboxylic acids is 1. The van der Waals surface area contributed by atoms with E-state index < -0.39 is 23.8 Å². The van der Waals surface area contributed by atoms with Crippen molar-refractivity contribution in [2.75, 3.05) is 19.7 Å². The molecule has 2 atom stereocenters. The maximum atomic E-state index is 13.2. The molecule has 1 N–H and O–H groups in total. The van der Waals surface area contributed by atoms with Crippen LogP contribution in [0.15, 0.2) is 0 Å². The fourth-order valence-corrected chi connectivity index (χ4v) is 1.48. The van der Waals surface area contributed by atoms with E-state index in [1.165, 1.54) is 4.90 Å². The first-order valence-corrected chi connectivity index (χ1v) is 5.06. The van der Waals surface area contributed by atoms with Gasteiger partial charge in [-0.3, -0.25) is 0 Å². The fourth-order valence-electron chi connectivity index (χ4n) is 1.48. The smallest absolute Gasteiger partial charge is 0.410 e. The molecule has 0 bridgehead atoms. The van der Waals surface area contributed by atoms with Gasteiger partial charge in [-0.25, -0.2) is 9.18 Å². The second kappa shape index (κ2) is 4.35. The Morgan fingerprint density at radius 3 is 2.53 bits per heavy atom. The zero-order valence-electron chi connectivity index (χ0n) is 9.36. The van der Waals surface area contributed by atoms with Gasteiger partial charge in [0.05, 0.1) is 13.2 Å². The first kappa shape index (κ1) is 12.2. The van der Waals surface area contributed by atoms with E-state index in [-0.39, 0.29) is 19.7 Å². The molecule has 0 aromatic heterocycles. The lowest BCUT2D eigenvalue weighted by Gasteiger charge is -2.24. The van der Waals surface area contributed by atoms with Crippen LogP contribution in [-0.2, 0) is 4.74 Å². The number of aliphatic hydroxyl groups is 1. The van der Waals surface area contributed by atoms with E-state index in [9.17, 15) is 9.18 Å². The van der Waals surface area contributed by atoms with Crippen LogP contribution in [0.3, 0.4) is 0 Å². The van der Waals surface area contributed by atoms with Crippen LogP contribution < -0.4 is 0 Å². The number of halogens is 1. The highest BCUT2D eigenvalue weighted by Crippen LogP contribution is 2.21. The van der Waals surface area contributed by atoms with Gasteiger partial charge in [0.1, 0.15) is 11.8 Å². The molecule has 1 saturated heterocycles. The highest BCUT2D eigenvalue weighted by atomic mass is 19.1. The minimum atomic E-state index is -1.15. The van der Waals surface area contributed by atoms with E-state index in [0.717, 1.165) is 0 Å². The largest absolute Gasteiger partial charge is 0.444 e. The van der Waals surface area contributed by atoms with E-state index in [1.54, 1.807) is 20.8 Å². The molecule has 0 aromatic rings. The summed E-state index contributed by atoms with van der Waals surface area (Å²) in [4.78, 5) is 12.8. The van der Waals surface area contributed by atoms with E-state index in [1.807, 2.05) is 0 Å². The quantitative estimate of drug-likeness (QED) is 0.720. The van der Waals surface area contributed by atoms with Gasteiger partial charge in [-0.2, -0.15) is 0 Å². The molecular weight excluding hydrogens is 201 g/mol. The molecule has 1 fully saturated rings. The zero-order chi connectivity index (χ0) is 11.6. The van der Waals surface area contributed by atoms with Crippen molar-refractivity contribution in [1.82, 2.24) is 4.90 Å². The minimum absolute atomic E-state index is 0.0140. The van der Waals surface area contributed by atoms with Gasteiger partial charge in [0.15, 0.2) is 0 Å². The van der Waals surface area contributed by atoms with E-state index in [0.29, 0.717) is 0 Å². The molecule has 4 nitrogen and oxygen atoms in total. The Morgan fingerprint density at radius 2 is 2.13 bits per heavy atom. The van der Waals surface area contributed by atoms with Gasteiger partial charge >= 0.3 is 6.09 Å². The summed E-state index contributed by atoms with van der Waals surface area (Å²) in [6.45, 7) is 5.29. The highest BCUT2D eigenvalue weighted by molar-refractivity contribution is 5.68. The summed E-state index contributed by atoms with van der Waals surface area (Å²) < 4.78 is 18.3. The summed E-state index contributed by atoms with van der Waals surface area (Å²) >= 11 is 0. The number of rotatable bonds is 1. The second-order valence-corrected chi connectivity index (χ2v) is 4.84. The van der Waals surface area contributed by atoms with Crippen LogP contribution in [0.2, 0.25) is 0 Å². The predicted octanol–water partition coefficient (Wildman–Crippen LogP) is 1.18. The predicted molar refractivity (Wildman–Crippen MR) is 53.3 cm³/mol. The topological polar surface area (TPSA) is 49.8 Å². The maximum Gasteiger partial charge on any atom is 0.410 e. The van der Waals surface area contributed by atoms with Crippen molar-refractivity contribution in [2.24, 2.45) is 5.92 Å². The molecule has 0 aromatic carbocycles. The summed E-state index contributed by atoms with van der Waals surface area (Å²) in [5.74, 6) is -0.475. The molecule has 1 amide bonds. The summed E-state index contributed by atoms with van der Waals surface area (Å²) in [5, 5.41) is 8.85. The minimum Gasteiger partial charge on any atom is -0.444 e. The summed E-state index contributed by atoms with van der Waals surface area (Å²) in [6, 6.07) is 0. The molecule has 2 unspecified atom stereocenters. The number of alkyl halides is 1. The number of hydrogen-bond donors (Lipinski definition) is 1. The summed E-state index contributed by atoms with van der Waals surface area (Å²) in [7, 11) is 0. The van der Waals surface area contributed by atoms with Gasteiger partial charge in [0.2, 0.25) is 0 Å². The highest BCUT2D eigenvalue weighted by Gasteiger charge is 2.36. The molecule has 5 heteroatoms. The van der Waals surface area contributed by atoms with Crippen LogP contribution in [0.5, 0.6) is 0 Å². The van der Waals surface area contributed by atoms with Crippen LogP contribution in [0.4, 0.5) is 9.18 Å². The molecule has 0 radical (unpaired) electrons. The van der Waals surface area contributed by atoms with Crippen LogP contribution in [0.25, 0.3) is 0 Å². The average Bonchev–Trinajstić information content (AvgIpc) is 2.43. The Bertz CT molecular complexity index is 239. The third kappa shape index (κ3) is 3.34. The summed E-state index contributed by atoms with van der Waals surface area (Å²) in [6.07, 6.45) is -1.66. The van der Waals surface area contributed by atoms with Gasteiger partial charge in [0, 0.05) is 12.5 Å². The summed E-state index contributed by atoms with van der Waals surface area (Å²) in [5.41, 5.74) is -0.569. The lowest BCUT2D eigenvalue weighted by Crippen LogP contribution is -2.35. The molecule has 1 aliphatic rings. The molecular formula is C10H18FNO3. The van der Waals surface area contributed by atoms with Crippen LogP contribution in [0.1, 0.15) is 20.8 Å². The molecule has 1 aliphatic heterocycles. The molecule has 0 spiro atoms. The van der Waals surface area contributed by atoms with Crippen LogP contribution >= 0.6 is 0 Å². The number of carbonyl (C=O) groups is 1. The average molecular weight is 219 g/mol. The van der Waals surface area contributed by atoms with Crippen LogP contribution in [-0.4, -0.2) is 47.6 Å². The maximum absolute atomic E-state index is 13.2. The lowest BCUT2D eigenvalue weighted by atomic mass is 10.1. The zero-order valence-corrected chi connectivity index (χ0v) is 9.36. The number of hydrogen-bond acceptors (Lipinski definition) is 3. The molecule has 1 rings (SSSR count). The van der Waals surface area contributed by atoms with Crippen LogP contribution in [0, 0.1) is 5.92 Å². The first-order chi connectivity index (χ1) is 6.83. The monoisotopic (exact) mass is 219 g/mol. The third-order valence-corrected chi connectivity index (χ3v) is 2.25. The van der Waals surface area contributed by atoms with E-state index in [2.05, 4.69) is 0 Å². The Morgan fingerprint density at radius 1 is 1.53 bits per heavy atom. The van der Waals surface area contributed by atoms with Crippen molar-refractivity contribution in [1.29, 1.82) is 0 Å². The van der Waals surface area contributed by atoms with Crippen molar-refractivity contribution in [3.8, 4) is 0 Å². The Hall–Kier alpha value is -0.840. The normalized spacial score (nSPS) is 26.9. The molecule has 1 heterocycles. The third-order valence-electron chi connectivity index (χ3n) is 2.25. The van der Waals surface area contributed by atoms with Crippen molar-refractivity contribution < 1.29 is 19.0 Å². The standard InChI is InChI=1S/C10H18FNO3/c1-10(2,3)15-9(14)12-4-7(6-13)8(11)5-12/h7-8,13H,4-6H2,1-3H3. The first-order valence-electron chi connectivity index (χ1n) is 5.06. The molecule has 0 saturated carbocycles. The van der Waals surface area contributed by atoms with Crippen molar-refractivity contribution in [3.05, 3.63) is 0 Å². The molecule has 88 valence electrons. The number of nitrogens with zero attached hydrogens (tertiary/aromatic N) is 1. The lowest BCUT2D eigenvalue weighted by molar-refractivity contribution is 0.0279. The van der Waals surface area contributed by atoms with Gasteiger partial charge in [0.25, 0.3) is 0 Å². The van der Waals surface area contributed by atoms with Gasteiger partial charge < -0.3 is 14.7 Å². The second-order valence-electron chi connectivity index (χ2n) is 4.84. The number of ether oxygens (including phenoxy) is 1.